The topological polar surface area (TPSA) is 171 Å². The molecule has 12 heteroatoms. The molecule has 258 valence electrons. The Hall–Kier alpha value is -2.80. The maximum atomic E-state index is 15.0. The van der Waals surface area contributed by atoms with E-state index in [-0.39, 0.29) is 37.3 Å². The standard InChI is InChI=1S/C35H46O12/c1-8-16(2)29(41)46-30-32(6)22-12-23(39)33(7)26(34(22,15-43-30)28(45-18(4)37)25(40)27(32)44-17(3)36)21(38)13-31(5)20(19-9-10-42-14-19)11-24-35(31,33)47-24/h9-10,14,16,20,22-28,30,39-40H,8,11-13,15H2,1-7H3/t16?,20-,22-,23+,24+,25-,26-,27+,28-,30-,31-,32+,33+,34-,35+/m0/s1. The van der Waals surface area contributed by atoms with E-state index in [2.05, 4.69) is 6.92 Å². The van der Waals surface area contributed by atoms with Crippen molar-refractivity contribution in [1.82, 2.24) is 0 Å². The van der Waals surface area contributed by atoms with Crippen molar-refractivity contribution in [3.8, 4) is 0 Å². The molecule has 2 aliphatic heterocycles. The fraction of sp³-hybridized carbons (Fsp3) is 0.771. The van der Waals surface area contributed by atoms with Crippen LogP contribution in [0.25, 0.3) is 0 Å². The van der Waals surface area contributed by atoms with E-state index in [0.29, 0.717) is 12.8 Å². The lowest BCUT2D eigenvalue weighted by Gasteiger charge is -2.73. The Balaban J connectivity index is 1.41. The minimum absolute atomic E-state index is 0.0593. The number of ether oxygens (including phenoxy) is 5. The van der Waals surface area contributed by atoms with Gasteiger partial charge in [0.1, 0.15) is 29.7 Å². The zero-order valence-electron chi connectivity index (χ0n) is 28.0. The van der Waals surface area contributed by atoms with Gasteiger partial charge in [-0.3, -0.25) is 19.2 Å². The van der Waals surface area contributed by atoms with Crippen LogP contribution in [0.1, 0.15) is 85.6 Å². The second-order valence-corrected chi connectivity index (χ2v) is 15.7. The smallest absolute Gasteiger partial charge is 0.310 e. The Labute approximate surface area is 273 Å². The number of carbonyl (C=O) groups excluding carboxylic acids is 4. The van der Waals surface area contributed by atoms with Crippen LogP contribution in [0.4, 0.5) is 0 Å². The summed E-state index contributed by atoms with van der Waals surface area (Å²) in [5, 5.41) is 24.7. The summed E-state index contributed by atoms with van der Waals surface area (Å²) >= 11 is 0. The highest BCUT2D eigenvalue weighted by molar-refractivity contribution is 5.87. The number of fused-ring (bicyclic) bond motifs is 1. The van der Waals surface area contributed by atoms with Gasteiger partial charge in [-0.1, -0.05) is 27.7 Å². The SMILES string of the molecule is CCC(C)C(=O)O[C@@H]1OC[C@@]23[C@H]4C(=O)C[C@@]5(C)[C@H](c6ccoc6)C[C@H]6O[C@]65[C@]4(C)[C@H](O)C[C@H]2[C@]1(C)[C@H](OC(C)=O)[C@H](O)[C@@H]3OC(C)=O. The molecule has 15 atom stereocenters. The zero-order valence-corrected chi connectivity index (χ0v) is 28.0. The molecule has 7 rings (SSSR count). The molecular weight excluding hydrogens is 612 g/mol. The van der Waals surface area contributed by atoms with E-state index in [1.807, 2.05) is 19.9 Å². The van der Waals surface area contributed by atoms with Crippen molar-refractivity contribution >= 4 is 23.7 Å². The van der Waals surface area contributed by atoms with Crippen LogP contribution >= 0.6 is 0 Å². The number of aliphatic hydroxyl groups excluding tert-OH is 2. The van der Waals surface area contributed by atoms with Crippen molar-refractivity contribution in [3.05, 3.63) is 24.2 Å². The molecule has 3 heterocycles. The number of hydrogen-bond donors (Lipinski definition) is 2. The predicted molar refractivity (Wildman–Crippen MR) is 160 cm³/mol. The summed E-state index contributed by atoms with van der Waals surface area (Å²) in [6.07, 6.45) is -2.32. The average molecular weight is 659 g/mol. The van der Waals surface area contributed by atoms with Crippen LogP contribution in [0, 0.1) is 39.4 Å². The lowest BCUT2D eigenvalue weighted by atomic mass is 9.33. The largest absolute Gasteiger partial charge is 0.472 e. The maximum absolute atomic E-state index is 15.0. The van der Waals surface area contributed by atoms with Crippen LogP contribution in [-0.4, -0.2) is 82.9 Å². The molecular formula is C35H46O12. The normalized spacial score (nSPS) is 49.8. The Morgan fingerprint density at radius 1 is 1.04 bits per heavy atom. The van der Waals surface area contributed by atoms with Crippen molar-refractivity contribution in [2.24, 2.45) is 39.4 Å². The van der Waals surface area contributed by atoms with Crippen LogP contribution in [0.3, 0.4) is 0 Å². The number of aliphatic hydroxyl groups is 2. The first kappa shape index (κ1) is 32.7. The molecule has 4 aliphatic carbocycles. The molecule has 12 nitrogen and oxygen atoms in total. The lowest BCUT2D eigenvalue weighted by molar-refractivity contribution is -0.389. The third-order valence-electron chi connectivity index (χ3n) is 13.7. The summed E-state index contributed by atoms with van der Waals surface area (Å²) in [5.41, 5.74) is -4.65. The number of rotatable bonds is 6. The predicted octanol–water partition coefficient (Wildman–Crippen LogP) is 3.06. The van der Waals surface area contributed by atoms with Crippen LogP contribution in [0.2, 0.25) is 0 Å². The molecule has 4 saturated carbocycles. The summed E-state index contributed by atoms with van der Waals surface area (Å²) in [6.45, 7) is 11.4. The minimum atomic E-state index is -1.60. The third kappa shape index (κ3) is 3.84. The van der Waals surface area contributed by atoms with Crippen molar-refractivity contribution in [2.75, 3.05) is 6.61 Å². The molecule has 2 N–H and O–H groups in total. The van der Waals surface area contributed by atoms with Gasteiger partial charge in [0.15, 0.2) is 0 Å². The summed E-state index contributed by atoms with van der Waals surface area (Å²) < 4.78 is 36.3. The number of hydrogen-bond acceptors (Lipinski definition) is 12. The number of carbonyl (C=O) groups is 4. The molecule has 1 aromatic heterocycles. The monoisotopic (exact) mass is 658 g/mol. The quantitative estimate of drug-likeness (QED) is 0.260. The van der Waals surface area contributed by atoms with E-state index in [1.54, 1.807) is 26.4 Å². The van der Waals surface area contributed by atoms with Gasteiger partial charge < -0.3 is 38.3 Å². The van der Waals surface area contributed by atoms with Crippen LogP contribution in [-0.2, 0) is 42.9 Å². The first-order valence-corrected chi connectivity index (χ1v) is 16.8. The van der Waals surface area contributed by atoms with Gasteiger partial charge in [-0.2, -0.15) is 0 Å². The molecule has 47 heavy (non-hydrogen) atoms. The van der Waals surface area contributed by atoms with Gasteiger partial charge in [0.05, 0.1) is 42.7 Å². The number of ketones is 1. The third-order valence-corrected chi connectivity index (χ3v) is 13.7. The second kappa shape index (κ2) is 10.4. The van der Waals surface area contributed by atoms with Crippen molar-refractivity contribution in [3.63, 3.8) is 0 Å². The molecule has 0 amide bonds. The molecule has 0 radical (unpaired) electrons. The highest BCUT2D eigenvalue weighted by atomic mass is 16.7. The van der Waals surface area contributed by atoms with Crippen molar-refractivity contribution in [1.29, 1.82) is 0 Å². The highest BCUT2D eigenvalue weighted by Crippen LogP contribution is 2.82. The molecule has 2 bridgehead atoms. The number of esters is 3. The molecule has 6 aliphatic rings. The molecule has 1 aromatic rings. The van der Waals surface area contributed by atoms with E-state index >= 15 is 4.79 Å². The summed E-state index contributed by atoms with van der Waals surface area (Å²) in [4.78, 5) is 53.5. The zero-order chi connectivity index (χ0) is 34.1. The first-order chi connectivity index (χ1) is 22.0. The number of furan rings is 1. The number of epoxide rings is 1. The van der Waals surface area contributed by atoms with Crippen LogP contribution in [0.5, 0.6) is 0 Å². The highest BCUT2D eigenvalue weighted by Gasteiger charge is 2.91. The minimum Gasteiger partial charge on any atom is -0.472 e. The van der Waals surface area contributed by atoms with E-state index < -0.39 is 93.6 Å². The van der Waals surface area contributed by atoms with E-state index in [0.717, 1.165) is 5.56 Å². The molecule has 1 unspecified atom stereocenters. The van der Waals surface area contributed by atoms with E-state index in [4.69, 9.17) is 28.1 Å². The van der Waals surface area contributed by atoms with Crippen molar-refractivity contribution < 1.29 is 57.5 Å². The van der Waals surface area contributed by atoms with Crippen LogP contribution in [0.15, 0.2) is 23.0 Å². The Bertz CT molecular complexity index is 1490. The fourth-order valence-corrected chi connectivity index (χ4v) is 11.6. The lowest BCUT2D eigenvalue weighted by Crippen LogP contribution is -2.83. The van der Waals surface area contributed by atoms with Gasteiger partial charge >= 0.3 is 17.9 Å². The fourth-order valence-electron chi connectivity index (χ4n) is 11.6. The average Bonchev–Trinajstić information content (AvgIpc) is 3.37. The van der Waals surface area contributed by atoms with Crippen LogP contribution < -0.4 is 0 Å². The van der Waals surface area contributed by atoms with E-state index in [9.17, 15) is 24.6 Å². The Morgan fingerprint density at radius 2 is 1.72 bits per heavy atom. The Kier molecular flexibility index (Phi) is 7.21. The van der Waals surface area contributed by atoms with Gasteiger partial charge in [-0.15, -0.1) is 0 Å². The van der Waals surface area contributed by atoms with Gasteiger partial charge in [0.25, 0.3) is 0 Å². The first-order valence-electron chi connectivity index (χ1n) is 16.8. The van der Waals surface area contributed by atoms with Gasteiger partial charge in [0.2, 0.25) is 6.29 Å². The maximum Gasteiger partial charge on any atom is 0.310 e. The second-order valence-electron chi connectivity index (χ2n) is 15.7. The molecule has 2 saturated heterocycles. The van der Waals surface area contributed by atoms with Gasteiger partial charge in [-0.05, 0) is 49.7 Å². The Morgan fingerprint density at radius 3 is 2.34 bits per heavy atom. The van der Waals surface area contributed by atoms with Gasteiger partial charge in [-0.25, -0.2) is 0 Å². The molecule has 0 aromatic carbocycles. The summed E-state index contributed by atoms with van der Waals surface area (Å²) in [5.74, 6) is -4.37. The van der Waals surface area contributed by atoms with E-state index in [1.165, 1.54) is 13.8 Å². The molecule has 6 fully saturated rings. The number of Topliss-reactive ketones (excluding diaryl/α,β-unsaturated/α-hetero) is 1. The summed E-state index contributed by atoms with van der Waals surface area (Å²) in [7, 11) is 0. The van der Waals surface area contributed by atoms with Crippen molar-refractivity contribution in [2.45, 2.75) is 122 Å². The summed E-state index contributed by atoms with van der Waals surface area (Å²) in [6, 6.07) is 1.91. The van der Waals surface area contributed by atoms with Gasteiger partial charge in [0, 0.05) is 42.4 Å². The molecule has 1 spiro atoms.